The number of pyridine rings is 1. The Morgan fingerprint density at radius 1 is 1.06 bits per heavy atom. The van der Waals surface area contributed by atoms with E-state index in [4.69, 9.17) is 21.3 Å². The van der Waals surface area contributed by atoms with Gasteiger partial charge in [0.15, 0.2) is 5.13 Å². The second-order valence-electron chi connectivity index (χ2n) is 12.7. The molecule has 6 heterocycles. The van der Waals surface area contributed by atoms with Crippen LogP contribution >= 0.6 is 22.9 Å². The van der Waals surface area contributed by atoms with Crippen LogP contribution in [0.15, 0.2) is 35.8 Å². The van der Waals surface area contributed by atoms with Gasteiger partial charge in [0.1, 0.15) is 5.82 Å². The number of halogens is 1. The normalized spacial score (nSPS) is 19.8. The highest BCUT2D eigenvalue weighted by molar-refractivity contribution is 7.14. The number of hydrogen-bond donors (Lipinski definition) is 3. The second kappa shape index (κ2) is 13.7. The van der Waals surface area contributed by atoms with E-state index in [1.165, 1.54) is 11.3 Å². The third-order valence-corrected chi connectivity index (χ3v) is 10.5. The summed E-state index contributed by atoms with van der Waals surface area (Å²) in [7, 11) is 0. The largest absolute Gasteiger partial charge is 0.381 e. The zero-order chi connectivity index (χ0) is 34.1. The van der Waals surface area contributed by atoms with Crippen LogP contribution in [0.25, 0.3) is 11.3 Å². The number of piperidine rings is 1. The van der Waals surface area contributed by atoms with Gasteiger partial charge in [-0.05, 0) is 49.4 Å². The van der Waals surface area contributed by atoms with Crippen molar-refractivity contribution in [1.29, 1.82) is 5.26 Å². The molecule has 3 fully saturated rings. The number of amides is 5. The van der Waals surface area contributed by atoms with Gasteiger partial charge in [0.25, 0.3) is 11.8 Å². The highest BCUT2D eigenvalue weighted by Gasteiger charge is 2.43. The fourth-order valence-corrected chi connectivity index (χ4v) is 7.48. The molecule has 0 radical (unpaired) electrons. The van der Waals surface area contributed by atoms with Crippen molar-refractivity contribution in [2.75, 3.05) is 50.0 Å². The average molecular weight is 704 g/mol. The van der Waals surface area contributed by atoms with Gasteiger partial charge < -0.3 is 15.4 Å². The molecule has 0 atom stereocenters. The smallest absolute Gasteiger partial charge is 0.343 e. The Hall–Kier alpha value is -4.62. The van der Waals surface area contributed by atoms with Crippen molar-refractivity contribution in [1.82, 2.24) is 30.2 Å². The van der Waals surface area contributed by atoms with Crippen molar-refractivity contribution in [2.24, 2.45) is 5.41 Å². The number of anilines is 2. The van der Waals surface area contributed by atoms with Gasteiger partial charge >= 0.3 is 6.03 Å². The molecule has 14 nitrogen and oxygen atoms in total. The quantitative estimate of drug-likeness (QED) is 0.274. The summed E-state index contributed by atoms with van der Waals surface area (Å²) in [5.41, 5.74) is 2.45. The number of hydrazine groups is 1. The number of nitriles is 1. The van der Waals surface area contributed by atoms with Crippen molar-refractivity contribution in [3.63, 3.8) is 0 Å². The van der Waals surface area contributed by atoms with Crippen molar-refractivity contribution in [3.05, 3.63) is 57.6 Å². The molecule has 0 saturated carbocycles. The molecule has 0 spiro atoms. The van der Waals surface area contributed by atoms with Crippen LogP contribution in [0.4, 0.5) is 15.7 Å². The minimum atomic E-state index is -0.783. The first-order chi connectivity index (χ1) is 23.7. The second-order valence-corrected chi connectivity index (χ2v) is 13.9. The first-order valence-electron chi connectivity index (χ1n) is 16.2. The fourth-order valence-electron chi connectivity index (χ4n) is 6.57. The number of imide groups is 2. The lowest BCUT2D eigenvalue weighted by atomic mass is 9.82. The van der Waals surface area contributed by atoms with E-state index in [1.54, 1.807) is 18.3 Å². The number of urea groups is 1. The van der Waals surface area contributed by atoms with Crippen LogP contribution in [0.5, 0.6) is 0 Å². The lowest BCUT2D eigenvalue weighted by Gasteiger charge is -2.32. The fraction of sp³-hybridized carbons (Fsp3) is 0.424. The molecule has 49 heavy (non-hydrogen) atoms. The summed E-state index contributed by atoms with van der Waals surface area (Å²) in [6, 6.07) is 8.99. The molecular formula is C33H34ClN9O5S. The molecule has 0 bridgehead atoms. The Kier molecular flexibility index (Phi) is 9.21. The number of carbonyl (C=O) groups is 4. The highest BCUT2D eigenvalue weighted by atomic mass is 35.5. The first kappa shape index (κ1) is 32.9. The first-order valence-corrected chi connectivity index (χ1v) is 17.4. The molecule has 1 aromatic carbocycles. The number of fused-ring (bicyclic) bond motifs is 1. The van der Waals surface area contributed by atoms with E-state index >= 15 is 0 Å². The summed E-state index contributed by atoms with van der Waals surface area (Å²) in [4.78, 5) is 61.6. The molecule has 4 aliphatic heterocycles. The number of nitrogens with zero attached hydrogens (tertiary/aromatic N) is 6. The Balaban J connectivity index is 0.932. The molecule has 3 aromatic rings. The highest BCUT2D eigenvalue weighted by Crippen LogP contribution is 2.35. The summed E-state index contributed by atoms with van der Waals surface area (Å²) < 4.78 is 5.43. The monoisotopic (exact) mass is 703 g/mol. The Morgan fingerprint density at radius 2 is 1.84 bits per heavy atom. The maximum atomic E-state index is 13.2. The lowest BCUT2D eigenvalue weighted by Crippen LogP contribution is -2.58. The maximum Gasteiger partial charge on any atom is 0.343 e. The number of carbonyl (C=O) groups excluding carboxylic acids is 4. The molecular weight excluding hydrogens is 670 g/mol. The van der Waals surface area contributed by atoms with Crippen molar-refractivity contribution < 1.29 is 23.9 Å². The third kappa shape index (κ3) is 6.82. The molecule has 2 aromatic heterocycles. The molecule has 16 heteroatoms. The number of benzene rings is 1. The number of rotatable bonds is 9. The van der Waals surface area contributed by atoms with Gasteiger partial charge in [-0.1, -0.05) is 17.7 Å². The SMILES string of the molecule is N#CC1(CNc2nc(-c3cc(NC4CCN(Cc5ccc6c(c5)C(=O)N(N5CCC(=O)NC5=O)C6=O)CC4)ncc3Cl)cs2)CCOCC1. The number of likely N-dealkylation sites (tertiary alicyclic amines) is 1. The van der Waals surface area contributed by atoms with Crippen LogP contribution < -0.4 is 16.0 Å². The molecule has 7 rings (SSSR count). The number of aromatic nitrogens is 2. The molecule has 3 N–H and O–H groups in total. The van der Waals surface area contributed by atoms with Gasteiger partial charge in [-0.2, -0.15) is 10.3 Å². The Bertz CT molecular complexity index is 1850. The summed E-state index contributed by atoms with van der Waals surface area (Å²) in [5.74, 6) is -0.877. The number of hydrogen-bond acceptors (Lipinski definition) is 12. The molecule has 254 valence electrons. The van der Waals surface area contributed by atoms with Crippen LogP contribution in [0, 0.1) is 16.7 Å². The summed E-state index contributed by atoms with van der Waals surface area (Å²) in [5, 5.41) is 23.8. The summed E-state index contributed by atoms with van der Waals surface area (Å²) >= 11 is 8.02. The van der Waals surface area contributed by atoms with Crippen LogP contribution in [-0.2, 0) is 16.1 Å². The molecule has 3 saturated heterocycles. The third-order valence-electron chi connectivity index (χ3n) is 9.45. The topological polar surface area (TPSA) is 173 Å². The zero-order valence-corrected chi connectivity index (χ0v) is 28.1. The standard InChI is InChI=1S/C33H34ClN9O5S/c34-25-15-36-27(14-24(25)26-17-49-31(39-26)37-19-33(18-35)6-11-48-12-7-33)38-21-3-8-41(9-4-21)16-20-1-2-22-23(13-20)30(46)43(29(22)45)42-10-5-28(44)40-32(42)47/h1-2,13-15,17,21H,3-12,16,19H2,(H,36,38)(H,37,39)(H,40,44,47). The number of thiazole rings is 1. The van der Waals surface area contributed by atoms with E-state index in [-0.39, 0.29) is 30.1 Å². The Labute approximate surface area is 291 Å². The summed E-state index contributed by atoms with van der Waals surface area (Å²) in [6.45, 7) is 3.89. The van der Waals surface area contributed by atoms with Crippen LogP contribution in [0.3, 0.4) is 0 Å². The van der Waals surface area contributed by atoms with Crippen LogP contribution in [0.1, 0.15) is 58.4 Å². The van der Waals surface area contributed by atoms with Crippen molar-refractivity contribution >= 4 is 57.6 Å². The predicted octanol–water partition coefficient (Wildman–Crippen LogP) is 4.12. The minimum Gasteiger partial charge on any atom is -0.381 e. The Morgan fingerprint density at radius 3 is 2.59 bits per heavy atom. The summed E-state index contributed by atoms with van der Waals surface area (Å²) in [6.07, 6.45) is 4.77. The average Bonchev–Trinajstić information content (AvgIpc) is 3.68. The van der Waals surface area contributed by atoms with Gasteiger partial charge in [-0.3, -0.25) is 24.6 Å². The van der Waals surface area contributed by atoms with E-state index in [1.807, 2.05) is 17.5 Å². The molecule has 4 aliphatic rings. The van der Waals surface area contributed by atoms with Crippen molar-refractivity contribution in [2.45, 2.75) is 44.7 Å². The number of ether oxygens (including phenoxy) is 1. The van der Waals surface area contributed by atoms with Gasteiger partial charge in [0.2, 0.25) is 5.91 Å². The molecule has 5 amide bonds. The number of nitrogens with one attached hydrogen (secondary N) is 3. The van der Waals surface area contributed by atoms with Gasteiger partial charge in [0.05, 0.1) is 39.9 Å². The minimum absolute atomic E-state index is 0.0112. The van der Waals surface area contributed by atoms with E-state index < -0.39 is 29.2 Å². The maximum absolute atomic E-state index is 13.2. The van der Waals surface area contributed by atoms with Gasteiger partial charge in [0, 0.05) is 69.0 Å². The predicted molar refractivity (Wildman–Crippen MR) is 181 cm³/mol. The van der Waals surface area contributed by atoms with E-state index in [0.29, 0.717) is 50.0 Å². The van der Waals surface area contributed by atoms with E-state index in [0.717, 1.165) is 57.9 Å². The van der Waals surface area contributed by atoms with Crippen LogP contribution in [-0.4, -0.2) is 94.1 Å². The van der Waals surface area contributed by atoms with Crippen LogP contribution in [0.2, 0.25) is 5.02 Å². The molecule has 0 aliphatic carbocycles. The molecule has 0 unspecified atom stereocenters. The van der Waals surface area contributed by atoms with Gasteiger partial charge in [-0.15, -0.1) is 11.3 Å². The van der Waals surface area contributed by atoms with Crippen molar-refractivity contribution in [3.8, 4) is 17.3 Å². The zero-order valence-electron chi connectivity index (χ0n) is 26.5. The lowest BCUT2D eigenvalue weighted by molar-refractivity contribution is -0.122. The van der Waals surface area contributed by atoms with E-state index in [9.17, 15) is 24.4 Å². The van der Waals surface area contributed by atoms with E-state index in [2.05, 4.69) is 31.9 Å². The van der Waals surface area contributed by atoms with Gasteiger partial charge in [-0.25, -0.2) is 19.8 Å².